The van der Waals surface area contributed by atoms with E-state index >= 15 is 0 Å². The van der Waals surface area contributed by atoms with E-state index in [0.29, 0.717) is 5.95 Å². The molecule has 98 valence electrons. The zero-order chi connectivity index (χ0) is 13.1. The molecule has 2 heterocycles. The van der Waals surface area contributed by atoms with Crippen LogP contribution < -0.4 is 21.9 Å². The molecular formula is C11H18N6O. The van der Waals surface area contributed by atoms with Crippen LogP contribution in [0.15, 0.2) is 6.07 Å². The van der Waals surface area contributed by atoms with Gasteiger partial charge in [-0.2, -0.15) is 4.98 Å². The Kier molecular flexibility index (Phi) is 3.61. The molecule has 0 saturated carbocycles. The summed E-state index contributed by atoms with van der Waals surface area (Å²) in [5.41, 5.74) is 8.61. The predicted molar refractivity (Wildman–Crippen MR) is 68.7 cm³/mol. The van der Waals surface area contributed by atoms with Crippen molar-refractivity contribution in [2.75, 3.05) is 23.4 Å². The number of aromatic nitrogens is 2. The summed E-state index contributed by atoms with van der Waals surface area (Å²) in [5, 5.41) is 0. The van der Waals surface area contributed by atoms with Crippen LogP contribution >= 0.6 is 0 Å². The quantitative estimate of drug-likeness (QED) is 0.505. The SMILES string of the molecule is Cc1cc(N2CCC(C(N)=O)CC2)nc(NN)n1. The molecule has 0 aliphatic carbocycles. The highest BCUT2D eigenvalue weighted by atomic mass is 16.1. The van der Waals surface area contributed by atoms with Gasteiger partial charge in [0.05, 0.1) is 0 Å². The summed E-state index contributed by atoms with van der Waals surface area (Å²) in [6, 6.07) is 1.91. The molecule has 1 amide bonds. The van der Waals surface area contributed by atoms with Crippen LogP contribution in [-0.2, 0) is 4.79 Å². The number of nitrogens with one attached hydrogen (secondary N) is 1. The van der Waals surface area contributed by atoms with Gasteiger partial charge in [0.1, 0.15) is 5.82 Å². The summed E-state index contributed by atoms with van der Waals surface area (Å²) in [6.07, 6.45) is 1.54. The van der Waals surface area contributed by atoms with Gasteiger partial charge in [-0.1, -0.05) is 0 Å². The van der Waals surface area contributed by atoms with Crippen molar-refractivity contribution in [3.05, 3.63) is 11.8 Å². The minimum absolute atomic E-state index is 0.0173. The third kappa shape index (κ3) is 2.67. The second-order valence-electron chi connectivity index (χ2n) is 4.50. The van der Waals surface area contributed by atoms with E-state index < -0.39 is 0 Å². The average molecular weight is 250 g/mol. The first-order chi connectivity index (χ1) is 8.60. The third-order valence-electron chi connectivity index (χ3n) is 3.19. The maximum atomic E-state index is 11.1. The van der Waals surface area contributed by atoms with Gasteiger partial charge in [-0.15, -0.1) is 0 Å². The van der Waals surface area contributed by atoms with Crippen LogP contribution in [0.5, 0.6) is 0 Å². The molecule has 7 nitrogen and oxygen atoms in total. The fourth-order valence-electron chi connectivity index (χ4n) is 2.17. The largest absolute Gasteiger partial charge is 0.369 e. The topological polar surface area (TPSA) is 110 Å². The van der Waals surface area contributed by atoms with Gasteiger partial charge in [0, 0.05) is 30.8 Å². The number of rotatable bonds is 3. The number of hydrogen-bond donors (Lipinski definition) is 3. The number of amides is 1. The summed E-state index contributed by atoms with van der Waals surface area (Å²) in [4.78, 5) is 21.7. The Labute approximate surface area is 106 Å². The van der Waals surface area contributed by atoms with Crippen molar-refractivity contribution in [1.82, 2.24) is 9.97 Å². The van der Waals surface area contributed by atoms with Crippen molar-refractivity contribution in [3.63, 3.8) is 0 Å². The van der Waals surface area contributed by atoms with Gasteiger partial charge in [-0.05, 0) is 19.8 Å². The van der Waals surface area contributed by atoms with Crippen LogP contribution in [0, 0.1) is 12.8 Å². The number of nitrogens with two attached hydrogens (primary N) is 2. The van der Waals surface area contributed by atoms with E-state index in [1.54, 1.807) is 0 Å². The van der Waals surface area contributed by atoms with E-state index in [0.717, 1.165) is 37.4 Å². The van der Waals surface area contributed by atoms with E-state index in [1.165, 1.54) is 0 Å². The second kappa shape index (κ2) is 5.18. The summed E-state index contributed by atoms with van der Waals surface area (Å²) >= 11 is 0. The van der Waals surface area contributed by atoms with Crippen molar-refractivity contribution in [3.8, 4) is 0 Å². The number of nitrogens with zero attached hydrogens (tertiary/aromatic N) is 3. The Balaban J connectivity index is 2.09. The normalized spacial score (nSPS) is 16.7. The number of primary amides is 1. The monoisotopic (exact) mass is 250 g/mol. The highest BCUT2D eigenvalue weighted by molar-refractivity contribution is 5.77. The van der Waals surface area contributed by atoms with Gasteiger partial charge >= 0.3 is 0 Å². The molecule has 0 bridgehead atoms. The molecule has 1 fully saturated rings. The smallest absolute Gasteiger partial charge is 0.239 e. The lowest BCUT2D eigenvalue weighted by atomic mass is 9.96. The summed E-state index contributed by atoms with van der Waals surface area (Å²) < 4.78 is 0. The van der Waals surface area contributed by atoms with E-state index in [4.69, 9.17) is 11.6 Å². The fraction of sp³-hybridized carbons (Fsp3) is 0.545. The molecule has 0 atom stereocenters. The molecule has 0 radical (unpaired) electrons. The number of hydrazine groups is 1. The summed E-state index contributed by atoms with van der Waals surface area (Å²) in [5.74, 6) is 6.33. The molecule has 0 spiro atoms. The highest BCUT2D eigenvalue weighted by Crippen LogP contribution is 2.22. The Bertz CT molecular complexity index is 441. The molecule has 1 aliphatic heterocycles. The lowest BCUT2D eigenvalue weighted by Crippen LogP contribution is -2.39. The van der Waals surface area contributed by atoms with Crippen molar-refractivity contribution < 1.29 is 4.79 Å². The number of hydrogen-bond acceptors (Lipinski definition) is 6. The molecule has 1 aromatic rings. The number of piperidine rings is 1. The molecule has 5 N–H and O–H groups in total. The van der Waals surface area contributed by atoms with Crippen LogP contribution in [0.2, 0.25) is 0 Å². The third-order valence-corrected chi connectivity index (χ3v) is 3.19. The van der Waals surface area contributed by atoms with Gasteiger partial charge in [-0.3, -0.25) is 10.2 Å². The molecule has 1 aliphatic rings. The van der Waals surface area contributed by atoms with E-state index in [1.807, 2.05) is 13.0 Å². The van der Waals surface area contributed by atoms with Gasteiger partial charge < -0.3 is 10.6 Å². The molecule has 1 aromatic heterocycles. The average Bonchev–Trinajstić information content (AvgIpc) is 2.38. The second-order valence-corrected chi connectivity index (χ2v) is 4.50. The number of carbonyl (C=O) groups is 1. The van der Waals surface area contributed by atoms with Crippen LogP contribution in [0.3, 0.4) is 0 Å². The van der Waals surface area contributed by atoms with Gasteiger partial charge in [0.15, 0.2) is 0 Å². The lowest BCUT2D eigenvalue weighted by Gasteiger charge is -2.31. The molecule has 0 unspecified atom stereocenters. The Hall–Kier alpha value is -1.89. The minimum atomic E-state index is -0.210. The fourth-order valence-corrected chi connectivity index (χ4v) is 2.17. The van der Waals surface area contributed by atoms with E-state index in [9.17, 15) is 4.79 Å². The first-order valence-corrected chi connectivity index (χ1v) is 5.96. The first-order valence-electron chi connectivity index (χ1n) is 5.96. The van der Waals surface area contributed by atoms with E-state index in [-0.39, 0.29) is 11.8 Å². The van der Waals surface area contributed by atoms with Crippen molar-refractivity contribution in [2.45, 2.75) is 19.8 Å². The molecular weight excluding hydrogens is 232 g/mol. The predicted octanol–water partition coefficient (Wildman–Crippen LogP) is -0.228. The molecule has 2 rings (SSSR count). The first kappa shape index (κ1) is 12.6. The number of nitrogen functional groups attached to an aromatic ring is 1. The van der Waals surface area contributed by atoms with Crippen LogP contribution in [-0.4, -0.2) is 29.0 Å². The Morgan fingerprint density at radius 2 is 2.11 bits per heavy atom. The van der Waals surface area contributed by atoms with Gasteiger partial charge in [0.25, 0.3) is 0 Å². The standard InChI is InChI=1S/C11H18N6O/c1-7-6-9(15-11(14-7)16-13)17-4-2-8(3-5-17)10(12)18/h6,8H,2-5,13H2,1H3,(H2,12,18)(H,14,15,16). The zero-order valence-corrected chi connectivity index (χ0v) is 10.4. The van der Waals surface area contributed by atoms with Crippen molar-refractivity contribution >= 4 is 17.7 Å². The molecule has 18 heavy (non-hydrogen) atoms. The number of aryl methyl sites for hydroxylation is 1. The van der Waals surface area contributed by atoms with Crippen LogP contribution in [0.25, 0.3) is 0 Å². The highest BCUT2D eigenvalue weighted by Gasteiger charge is 2.24. The molecule has 1 saturated heterocycles. The van der Waals surface area contributed by atoms with Gasteiger partial charge in [-0.25, -0.2) is 10.8 Å². The van der Waals surface area contributed by atoms with Crippen molar-refractivity contribution in [2.24, 2.45) is 17.5 Å². The molecule has 7 heteroatoms. The maximum Gasteiger partial charge on any atom is 0.239 e. The van der Waals surface area contributed by atoms with E-state index in [2.05, 4.69) is 20.3 Å². The van der Waals surface area contributed by atoms with Crippen LogP contribution in [0.4, 0.5) is 11.8 Å². The zero-order valence-electron chi connectivity index (χ0n) is 10.4. The van der Waals surface area contributed by atoms with Gasteiger partial charge in [0.2, 0.25) is 11.9 Å². The summed E-state index contributed by atoms with van der Waals surface area (Å²) in [7, 11) is 0. The van der Waals surface area contributed by atoms with Crippen LogP contribution in [0.1, 0.15) is 18.5 Å². The lowest BCUT2D eigenvalue weighted by molar-refractivity contribution is -0.122. The number of carbonyl (C=O) groups excluding carboxylic acids is 1. The minimum Gasteiger partial charge on any atom is -0.369 e. The Morgan fingerprint density at radius 3 is 2.67 bits per heavy atom. The molecule has 0 aromatic carbocycles. The number of anilines is 2. The van der Waals surface area contributed by atoms with Crippen molar-refractivity contribution in [1.29, 1.82) is 0 Å². The Morgan fingerprint density at radius 1 is 1.44 bits per heavy atom. The maximum absolute atomic E-state index is 11.1. The summed E-state index contributed by atoms with van der Waals surface area (Å²) in [6.45, 7) is 3.43.